The average Bonchev–Trinajstić information content (AvgIpc) is 3.28. The Kier molecular flexibility index (Phi) is 6.77. The minimum absolute atomic E-state index is 0.0757. The van der Waals surface area contributed by atoms with Crippen LogP contribution in [0.4, 0.5) is 0 Å². The van der Waals surface area contributed by atoms with Gasteiger partial charge in [-0.15, -0.1) is 5.10 Å². The van der Waals surface area contributed by atoms with E-state index in [1.807, 2.05) is 35.2 Å². The molecule has 0 saturated carbocycles. The molecule has 2 heterocycles. The Morgan fingerprint density at radius 3 is 2.55 bits per heavy atom. The van der Waals surface area contributed by atoms with Gasteiger partial charge in [-0.25, -0.2) is 4.68 Å². The molecule has 0 spiro atoms. The molecule has 6 nitrogen and oxygen atoms in total. The van der Waals surface area contributed by atoms with Crippen LogP contribution in [-0.4, -0.2) is 50.1 Å². The van der Waals surface area contributed by atoms with Gasteiger partial charge in [0, 0.05) is 13.1 Å². The van der Waals surface area contributed by atoms with E-state index in [-0.39, 0.29) is 17.9 Å². The third kappa shape index (κ3) is 5.39. The topological polar surface area (TPSA) is 71.2 Å². The second kappa shape index (κ2) is 9.88. The first-order chi connectivity index (χ1) is 15.1. The van der Waals surface area contributed by atoms with Crippen molar-refractivity contribution in [2.75, 3.05) is 13.1 Å². The number of rotatable bonds is 7. The fourth-order valence-electron chi connectivity index (χ4n) is 4.28. The molecule has 1 fully saturated rings. The molecule has 1 atom stereocenters. The highest BCUT2D eigenvalue weighted by Crippen LogP contribution is 2.24. The zero-order valence-electron chi connectivity index (χ0n) is 18.0. The van der Waals surface area contributed by atoms with E-state index in [9.17, 15) is 9.90 Å². The lowest BCUT2D eigenvalue weighted by Gasteiger charge is -2.34. The number of aryl methyl sites for hydroxylation is 2. The lowest BCUT2D eigenvalue weighted by Crippen LogP contribution is -2.41. The van der Waals surface area contributed by atoms with Crippen LogP contribution in [0.25, 0.3) is 0 Å². The van der Waals surface area contributed by atoms with Crippen molar-refractivity contribution >= 4 is 5.91 Å². The van der Waals surface area contributed by atoms with Gasteiger partial charge >= 0.3 is 0 Å². The molecule has 0 bridgehead atoms. The summed E-state index contributed by atoms with van der Waals surface area (Å²) in [6.07, 6.45) is 4.68. The normalized spacial score (nSPS) is 15.7. The van der Waals surface area contributed by atoms with E-state index in [4.69, 9.17) is 0 Å². The quantitative estimate of drug-likeness (QED) is 0.638. The molecule has 3 aromatic rings. The van der Waals surface area contributed by atoms with Gasteiger partial charge in [0.05, 0.1) is 18.8 Å². The number of hydrogen-bond acceptors (Lipinski definition) is 4. The van der Waals surface area contributed by atoms with E-state index >= 15 is 0 Å². The van der Waals surface area contributed by atoms with Crippen molar-refractivity contribution in [2.45, 2.75) is 45.3 Å². The molecule has 1 N–H and O–H groups in total. The Labute approximate surface area is 183 Å². The van der Waals surface area contributed by atoms with Gasteiger partial charge in [-0.2, -0.15) is 0 Å². The molecule has 6 heteroatoms. The van der Waals surface area contributed by atoms with Crippen LogP contribution < -0.4 is 0 Å². The van der Waals surface area contributed by atoms with Gasteiger partial charge in [-0.1, -0.05) is 59.8 Å². The largest absolute Gasteiger partial charge is 0.393 e. The van der Waals surface area contributed by atoms with Crippen molar-refractivity contribution in [1.29, 1.82) is 0 Å². The van der Waals surface area contributed by atoms with Gasteiger partial charge in [0.25, 0.3) is 5.91 Å². The highest BCUT2D eigenvalue weighted by molar-refractivity contribution is 5.92. The number of likely N-dealkylation sites (tertiary alicyclic amines) is 1. The molecule has 1 amide bonds. The number of aromatic nitrogens is 3. The number of benzene rings is 2. The monoisotopic (exact) mass is 418 g/mol. The Hall–Kier alpha value is -2.99. The van der Waals surface area contributed by atoms with E-state index in [2.05, 4.69) is 41.5 Å². The first kappa shape index (κ1) is 21.2. The van der Waals surface area contributed by atoms with Crippen LogP contribution in [0.2, 0.25) is 0 Å². The van der Waals surface area contributed by atoms with Crippen LogP contribution >= 0.6 is 0 Å². The Morgan fingerprint density at radius 1 is 1.10 bits per heavy atom. The first-order valence-electron chi connectivity index (χ1n) is 11.1. The number of aliphatic hydroxyl groups is 1. The summed E-state index contributed by atoms with van der Waals surface area (Å²) in [5.74, 6) is 0.165. The summed E-state index contributed by atoms with van der Waals surface area (Å²) >= 11 is 0. The van der Waals surface area contributed by atoms with Gasteiger partial charge in [-0.3, -0.25) is 4.79 Å². The van der Waals surface area contributed by atoms with Crippen molar-refractivity contribution in [3.05, 3.63) is 83.2 Å². The van der Waals surface area contributed by atoms with Crippen LogP contribution in [0.5, 0.6) is 0 Å². The predicted octanol–water partition coefficient (Wildman–Crippen LogP) is 3.48. The summed E-state index contributed by atoms with van der Waals surface area (Å²) < 4.78 is 1.72. The molecule has 1 aromatic heterocycles. The van der Waals surface area contributed by atoms with Gasteiger partial charge in [0.15, 0.2) is 5.69 Å². The zero-order chi connectivity index (χ0) is 21.6. The van der Waals surface area contributed by atoms with E-state index < -0.39 is 0 Å². The number of amides is 1. The highest BCUT2D eigenvalue weighted by Gasteiger charge is 2.28. The smallest absolute Gasteiger partial charge is 0.276 e. The van der Waals surface area contributed by atoms with Crippen molar-refractivity contribution in [3.63, 3.8) is 0 Å². The van der Waals surface area contributed by atoms with E-state index in [0.29, 0.717) is 25.3 Å². The molecule has 1 aliphatic rings. The fraction of sp³-hybridized carbons (Fsp3) is 0.400. The molecule has 162 valence electrons. The zero-order valence-corrected chi connectivity index (χ0v) is 18.0. The lowest BCUT2D eigenvalue weighted by atomic mass is 9.88. The summed E-state index contributed by atoms with van der Waals surface area (Å²) in [5, 5.41) is 18.9. The second-order valence-electron chi connectivity index (χ2n) is 8.45. The maximum atomic E-state index is 12.9. The standard InChI is InChI=1S/C25H30N4O2/c1-19-7-5-6-10-22(19)17-29-18-23(26-27-29)25(31)28-15-13-21(14-16-28)24(30)12-11-20-8-3-2-4-9-20/h2-10,18,21,24,30H,11-17H2,1H3/t24-/m0/s1. The Morgan fingerprint density at radius 2 is 1.81 bits per heavy atom. The first-order valence-corrected chi connectivity index (χ1v) is 11.1. The van der Waals surface area contributed by atoms with Gasteiger partial charge < -0.3 is 10.0 Å². The Bertz CT molecular complexity index is 994. The second-order valence-corrected chi connectivity index (χ2v) is 8.45. The SMILES string of the molecule is Cc1ccccc1Cn1cc(C(=O)N2CCC([C@@H](O)CCc3ccccc3)CC2)nn1. The molecule has 2 aromatic carbocycles. The highest BCUT2D eigenvalue weighted by atomic mass is 16.3. The predicted molar refractivity (Wildman–Crippen MR) is 120 cm³/mol. The fourth-order valence-corrected chi connectivity index (χ4v) is 4.28. The molecular formula is C25H30N4O2. The number of nitrogens with zero attached hydrogens (tertiary/aromatic N) is 4. The van der Waals surface area contributed by atoms with Crippen LogP contribution in [0, 0.1) is 12.8 Å². The van der Waals surface area contributed by atoms with Gasteiger partial charge in [0.2, 0.25) is 0 Å². The number of hydrogen-bond donors (Lipinski definition) is 1. The average molecular weight is 419 g/mol. The van der Waals surface area contributed by atoms with Crippen molar-refractivity contribution in [2.24, 2.45) is 5.92 Å². The summed E-state index contributed by atoms with van der Waals surface area (Å²) in [6.45, 7) is 3.96. The molecule has 1 aliphatic heterocycles. The maximum absolute atomic E-state index is 12.9. The Balaban J connectivity index is 1.27. The van der Waals surface area contributed by atoms with E-state index in [1.54, 1.807) is 10.9 Å². The third-order valence-electron chi connectivity index (χ3n) is 6.29. The molecule has 0 radical (unpaired) electrons. The summed E-state index contributed by atoms with van der Waals surface area (Å²) in [7, 11) is 0. The summed E-state index contributed by atoms with van der Waals surface area (Å²) in [4.78, 5) is 14.7. The van der Waals surface area contributed by atoms with Crippen LogP contribution in [0.3, 0.4) is 0 Å². The molecule has 31 heavy (non-hydrogen) atoms. The molecule has 1 saturated heterocycles. The number of aliphatic hydroxyl groups excluding tert-OH is 1. The molecule has 4 rings (SSSR count). The lowest BCUT2D eigenvalue weighted by molar-refractivity contribution is 0.0433. The van der Waals surface area contributed by atoms with Crippen molar-refractivity contribution in [1.82, 2.24) is 19.9 Å². The van der Waals surface area contributed by atoms with Crippen molar-refractivity contribution in [3.8, 4) is 0 Å². The molecule has 0 unspecified atom stereocenters. The van der Waals surface area contributed by atoms with Crippen LogP contribution in [0.1, 0.15) is 46.4 Å². The minimum Gasteiger partial charge on any atom is -0.393 e. The molecular weight excluding hydrogens is 388 g/mol. The van der Waals surface area contributed by atoms with Crippen LogP contribution in [-0.2, 0) is 13.0 Å². The maximum Gasteiger partial charge on any atom is 0.276 e. The summed E-state index contributed by atoms with van der Waals surface area (Å²) in [6, 6.07) is 18.4. The van der Waals surface area contributed by atoms with Gasteiger partial charge in [0.1, 0.15) is 0 Å². The minimum atomic E-state index is -0.326. The van der Waals surface area contributed by atoms with Gasteiger partial charge in [-0.05, 0) is 55.2 Å². The number of carbonyl (C=O) groups is 1. The summed E-state index contributed by atoms with van der Waals surface area (Å²) in [5.41, 5.74) is 4.00. The van der Waals surface area contributed by atoms with Crippen LogP contribution in [0.15, 0.2) is 60.8 Å². The number of piperidine rings is 1. The number of carbonyl (C=O) groups excluding carboxylic acids is 1. The van der Waals surface area contributed by atoms with E-state index in [1.165, 1.54) is 11.1 Å². The van der Waals surface area contributed by atoms with E-state index in [0.717, 1.165) is 31.2 Å². The molecule has 0 aliphatic carbocycles. The third-order valence-corrected chi connectivity index (χ3v) is 6.29. The van der Waals surface area contributed by atoms with Crippen molar-refractivity contribution < 1.29 is 9.90 Å².